The molecule has 2 heteroatoms. The smallest absolute Gasteiger partial charge is 0.115 e. The second-order valence-corrected chi connectivity index (χ2v) is 4.21. The number of allylic oxidation sites excluding steroid dienone is 2. The van der Waals surface area contributed by atoms with E-state index in [0.717, 1.165) is 12.8 Å². The van der Waals surface area contributed by atoms with Crippen molar-refractivity contribution in [3.63, 3.8) is 0 Å². The summed E-state index contributed by atoms with van der Waals surface area (Å²) in [7, 11) is 0. The minimum Gasteiger partial charge on any atom is -0.508 e. The number of benzene rings is 2. The molecule has 0 radical (unpaired) electrons. The van der Waals surface area contributed by atoms with E-state index in [1.807, 2.05) is 24.3 Å². The first kappa shape index (κ1) is 12.2. The van der Waals surface area contributed by atoms with E-state index in [1.165, 1.54) is 11.1 Å². The molecule has 92 valence electrons. The zero-order valence-corrected chi connectivity index (χ0v) is 10.1. The molecule has 0 aliphatic heterocycles. The average Bonchev–Trinajstić information content (AvgIpc) is 2.39. The lowest BCUT2D eigenvalue weighted by Gasteiger charge is -1.98. The monoisotopic (exact) mass is 240 g/mol. The number of rotatable bonds is 4. The molecular weight excluding hydrogens is 224 g/mol. The van der Waals surface area contributed by atoms with Crippen LogP contribution in [-0.4, -0.2) is 10.2 Å². The van der Waals surface area contributed by atoms with Gasteiger partial charge in [-0.1, -0.05) is 36.4 Å². The minimum absolute atomic E-state index is 0.298. The zero-order valence-electron chi connectivity index (χ0n) is 10.1. The van der Waals surface area contributed by atoms with Crippen LogP contribution in [0.3, 0.4) is 0 Å². The first-order valence-electron chi connectivity index (χ1n) is 5.95. The van der Waals surface area contributed by atoms with Gasteiger partial charge in [-0.05, 0) is 48.2 Å². The van der Waals surface area contributed by atoms with Gasteiger partial charge in [0.05, 0.1) is 0 Å². The first-order chi connectivity index (χ1) is 8.74. The van der Waals surface area contributed by atoms with Crippen LogP contribution < -0.4 is 0 Å². The molecule has 0 unspecified atom stereocenters. The van der Waals surface area contributed by atoms with Crippen molar-refractivity contribution in [2.45, 2.75) is 12.8 Å². The van der Waals surface area contributed by atoms with Crippen LogP contribution in [0.4, 0.5) is 0 Å². The molecule has 0 bridgehead atoms. The Kier molecular flexibility index (Phi) is 4.02. The lowest BCUT2D eigenvalue weighted by atomic mass is 10.1. The summed E-state index contributed by atoms with van der Waals surface area (Å²) in [6, 6.07) is 14.5. The highest BCUT2D eigenvalue weighted by Crippen LogP contribution is 2.12. The molecule has 18 heavy (non-hydrogen) atoms. The summed E-state index contributed by atoms with van der Waals surface area (Å²) < 4.78 is 0. The second kappa shape index (κ2) is 5.92. The Hall–Kier alpha value is -2.22. The van der Waals surface area contributed by atoms with E-state index < -0.39 is 0 Å². The molecule has 0 fully saturated rings. The van der Waals surface area contributed by atoms with Crippen LogP contribution in [0.2, 0.25) is 0 Å². The Morgan fingerprint density at radius 1 is 0.611 bits per heavy atom. The fourth-order valence-electron chi connectivity index (χ4n) is 1.70. The van der Waals surface area contributed by atoms with Gasteiger partial charge in [-0.25, -0.2) is 0 Å². The van der Waals surface area contributed by atoms with Gasteiger partial charge in [-0.15, -0.1) is 0 Å². The van der Waals surface area contributed by atoms with Crippen molar-refractivity contribution in [3.05, 3.63) is 71.8 Å². The fraction of sp³-hybridized carbons (Fsp3) is 0.125. The van der Waals surface area contributed by atoms with Gasteiger partial charge in [0.2, 0.25) is 0 Å². The molecule has 0 spiro atoms. The maximum Gasteiger partial charge on any atom is 0.115 e. The van der Waals surface area contributed by atoms with Gasteiger partial charge in [0.1, 0.15) is 11.5 Å². The number of aromatic hydroxyl groups is 2. The molecule has 0 saturated heterocycles. The first-order valence-corrected chi connectivity index (χ1v) is 5.95. The minimum atomic E-state index is 0.298. The van der Waals surface area contributed by atoms with Crippen LogP contribution in [-0.2, 0) is 12.8 Å². The number of phenolic OH excluding ortho intramolecular Hbond substituents is 2. The maximum absolute atomic E-state index is 9.16. The SMILES string of the molecule is Oc1ccc(C/C=C/Cc2ccc(O)cc2)cc1. The lowest BCUT2D eigenvalue weighted by molar-refractivity contribution is 0.474. The lowest BCUT2D eigenvalue weighted by Crippen LogP contribution is -1.82. The van der Waals surface area contributed by atoms with Crippen molar-refractivity contribution in [3.8, 4) is 11.5 Å². The Labute approximate surface area is 107 Å². The Morgan fingerprint density at radius 2 is 0.944 bits per heavy atom. The number of hydrogen-bond donors (Lipinski definition) is 2. The standard InChI is InChI=1S/C16H16O2/c17-15-9-5-13(6-10-15)3-1-2-4-14-7-11-16(18)12-8-14/h1-2,5-12,17-18H,3-4H2/b2-1+. The number of phenols is 2. The largest absolute Gasteiger partial charge is 0.508 e. The molecule has 0 aliphatic carbocycles. The van der Waals surface area contributed by atoms with Crippen LogP contribution in [0, 0.1) is 0 Å². The molecule has 2 N–H and O–H groups in total. The van der Waals surface area contributed by atoms with Crippen LogP contribution in [0.15, 0.2) is 60.7 Å². The van der Waals surface area contributed by atoms with Gasteiger partial charge in [0.25, 0.3) is 0 Å². The van der Waals surface area contributed by atoms with Gasteiger partial charge in [0, 0.05) is 0 Å². The van der Waals surface area contributed by atoms with Crippen molar-refractivity contribution in [2.75, 3.05) is 0 Å². The molecular formula is C16H16O2. The molecule has 2 rings (SSSR count). The van der Waals surface area contributed by atoms with Gasteiger partial charge < -0.3 is 10.2 Å². The highest BCUT2D eigenvalue weighted by atomic mass is 16.3. The van der Waals surface area contributed by atoms with Gasteiger partial charge >= 0.3 is 0 Å². The fourth-order valence-corrected chi connectivity index (χ4v) is 1.70. The average molecular weight is 240 g/mol. The van der Waals surface area contributed by atoms with E-state index in [-0.39, 0.29) is 0 Å². The maximum atomic E-state index is 9.16. The van der Waals surface area contributed by atoms with Crippen molar-refractivity contribution in [1.29, 1.82) is 0 Å². The molecule has 0 aliphatic rings. The summed E-state index contributed by atoms with van der Waals surface area (Å²) in [4.78, 5) is 0. The summed E-state index contributed by atoms with van der Waals surface area (Å²) in [5.41, 5.74) is 2.35. The normalized spacial score (nSPS) is 10.9. The Balaban J connectivity index is 1.85. The highest BCUT2D eigenvalue weighted by Gasteiger charge is 1.92. The molecule has 0 saturated carbocycles. The van der Waals surface area contributed by atoms with Crippen LogP contribution >= 0.6 is 0 Å². The summed E-state index contributed by atoms with van der Waals surface area (Å²) in [5.74, 6) is 0.596. The molecule has 0 heterocycles. The van der Waals surface area contributed by atoms with Crippen molar-refractivity contribution >= 4 is 0 Å². The highest BCUT2D eigenvalue weighted by molar-refractivity contribution is 5.29. The van der Waals surface area contributed by atoms with E-state index in [4.69, 9.17) is 10.2 Å². The van der Waals surface area contributed by atoms with Crippen molar-refractivity contribution in [2.24, 2.45) is 0 Å². The Bertz CT molecular complexity index is 460. The van der Waals surface area contributed by atoms with E-state index in [1.54, 1.807) is 24.3 Å². The Morgan fingerprint density at radius 3 is 1.28 bits per heavy atom. The third kappa shape index (κ3) is 3.67. The third-order valence-corrected chi connectivity index (χ3v) is 2.75. The van der Waals surface area contributed by atoms with Crippen LogP contribution in [0.25, 0.3) is 0 Å². The zero-order chi connectivity index (χ0) is 12.8. The van der Waals surface area contributed by atoms with Crippen LogP contribution in [0.1, 0.15) is 11.1 Å². The predicted octanol–water partition coefficient (Wildman–Crippen LogP) is 3.44. The molecule has 2 aromatic rings. The number of hydrogen-bond acceptors (Lipinski definition) is 2. The second-order valence-electron chi connectivity index (χ2n) is 4.21. The van der Waals surface area contributed by atoms with Crippen molar-refractivity contribution in [1.82, 2.24) is 0 Å². The summed E-state index contributed by atoms with van der Waals surface area (Å²) >= 11 is 0. The van der Waals surface area contributed by atoms with Gasteiger partial charge in [-0.2, -0.15) is 0 Å². The summed E-state index contributed by atoms with van der Waals surface area (Å²) in [6.45, 7) is 0. The van der Waals surface area contributed by atoms with Crippen molar-refractivity contribution < 1.29 is 10.2 Å². The van der Waals surface area contributed by atoms with E-state index in [2.05, 4.69) is 12.2 Å². The predicted molar refractivity (Wildman–Crippen MR) is 72.8 cm³/mol. The molecule has 0 amide bonds. The van der Waals surface area contributed by atoms with Gasteiger partial charge in [-0.3, -0.25) is 0 Å². The molecule has 0 aromatic heterocycles. The molecule has 0 atom stereocenters. The van der Waals surface area contributed by atoms with Crippen LogP contribution in [0.5, 0.6) is 11.5 Å². The summed E-state index contributed by atoms with van der Waals surface area (Å²) in [5, 5.41) is 18.3. The molecule has 2 nitrogen and oxygen atoms in total. The topological polar surface area (TPSA) is 40.5 Å². The summed E-state index contributed by atoms with van der Waals surface area (Å²) in [6.07, 6.45) is 5.94. The third-order valence-electron chi connectivity index (χ3n) is 2.75. The van der Waals surface area contributed by atoms with E-state index in [0.29, 0.717) is 11.5 Å². The quantitative estimate of drug-likeness (QED) is 0.804. The molecule has 2 aromatic carbocycles. The van der Waals surface area contributed by atoms with Gasteiger partial charge in [0.15, 0.2) is 0 Å². The van der Waals surface area contributed by atoms with E-state index >= 15 is 0 Å². The van der Waals surface area contributed by atoms with E-state index in [9.17, 15) is 0 Å².